The number of hydrogen-bond donors (Lipinski definition) is 1. The standard InChI is InChI=1S/C11H22BrNO2/c1-8(2)10(12)11(14)13-6-5-7-15-9(3)4/h8-10H,5-7H2,1-4H3,(H,13,14). The molecule has 0 aromatic carbocycles. The normalized spacial score (nSPS) is 13.3. The molecule has 0 spiro atoms. The minimum atomic E-state index is -0.0940. The van der Waals surface area contributed by atoms with Crippen molar-refractivity contribution in [1.82, 2.24) is 5.32 Å². The fraction of sp³-hybridized carbons (Fsp3) is 0.909. The van der Waals surface area contributed by atoms with Crippen LogP contribution in [0.15, 0.2) is 0 Å². The van der Waals surface area contributed by atoms with Gasteiger partial charge in [0.2, 0.25) is 5.91 Å². The summed E-state index contributed by atoms with van der Waals surface area (Å²) < 4.78 is 5.37. The third-order valence-corrected chi connectivity index (χ3v) is 3.38. The second-order valence-corrected chi connectivity index (χ2v) is 5.20. The van der Waals surface area contributed by atoms with Crippen molar-refractivity contribution in [3.05, 3.63) is 0 Å². The van der Waals surface area contributed by atoms with E-state index in [1.165, 1.54) is 0 Å². The van der Waals surface area contributed by atoms with Crippen LogP contribution < -0.4 is 5.32 Å². The number of amides is 1. The molecule has 3 nitrogen and oxygen atoms in total. The lowest BCUT2D eigenvalue weighted by Gasteiger charge is -2.14. The predicted octanol–water partition coefficient (Wildman–Crippen LogP) is 2.34. The molecule has 0 aliphatic rings. The molecular formula is C11H22BrNO2. The van der Waals surface area contributed by atoms with Gasteiger partial charge in [-0.2, -0.15) is 0 Å². The highest BCUT2D eigenvalue weighted by Crippen LogP contribution is 2.11. The fourth-order valence-corrected chi connectivity index (χ4v) is 1.16. The molecule has 15 heavy (non-hydrogen) atoms. The van der Waals surface area contributed by atoms with E-state index < -0.39 is 0 Å². The van der Waals surface area contributed by atoms with Crippen molar-refractivity contribution in [2.45, 2.75) is 45.0 Å². The van der Waals surface area contributed by atoms with Gasteiger partial charge >= 0.3 is 0 Å². The highest BCUT2D eigenvalue weighted by Gasteiger charge is 2.17. The summed E-state index contributed by atoms with van der Waals surface area (Å²) in [6.45, 7) is 9.42. The Morgan fingerprint density at radius 2 is 1.93 bits per heavy atom. The van der Waals surface area contributed by atoms with Crippen LogP contribution in [0.4, 0.5) is 0 Å². The van der Waals surface area contributed by atoms with Crippen LogP contribution >= 0.6 is 15.9 Å². The molecule has 0 aliphatic heterocycles. The topological polar surface area (TPSA) is 38.3 Å². The van der Waals surface area contributed by atoms with E-state index in [1.54, 1.807) is 0 Å². The van der Waals surface area contributed by atoms with Crippen LogP contribution in [0.1, 0.15) is 34.1 Å². The molecule has 1 atom stereocenters. The number of ether oxygens (including phenoxy) is 1. The molecule has 1 N–H and O–H groups in total. The number of carbonyl (C=O) groups excluding carboxylic acids is 1. The molecule has 0 radical (unpaired) electrons. The summed E-state index contributed by atoms with van der Waals surface area (Å²) in [5.74, 6) is 0.381. The van der Waals surface area contributed by atoms with E-state index >= 15 is 0 Å². The van der Waals surface area contributed by atoms with E-state index in [2.05, 4.69) is 21.2 Å². The summed E-state index contributed by atoms with van der Waals surface area (Å²) in [6, 6.07) is 0. The van der Waals surface area contributed by atoms with E-state index in [0.717, 1.165) is 6.42 Å². The second kappa shape index (κ2) is 8.11. The van der Waals surface area contributed by atoms with Gasteiger partial charge in [-0.05, 0) is 26.2 Å². The van der Waals surface area contributed by atoms with Crippen molar-refractivity contribution < 1.29 is 9.53 Å². The smallest absolute Gasteiger partial charge is 0.234 e. The molecule has 0 bridgehead atoms. The van der Waals surface area contributed by atoms with Gasteiger partial charge in [0, 0.05) is 13.2 Å². The van der Waals surface area contributed by atoms with Crippen molar-refractivity contribution in [1.29, 1.82) is 0 Å². The Labute approximate surface area is 101 Å². The van der Waals surface area contributed by atoms with Crippen molar-refractivity contribution in [3.63, 3.8) is 0 Å². The third-order valence-electron chi connectivity index (χ3n) is 1.91. The molecular weight excluding hydrogens is 258 g/mol. The van der Waals surface area contributed by atoms with Gasteiger partial charge in [-0.15, -0.1) is 0 Å². The van der Waals surface area contributed by atoms with Crippen LogP contribution in [-0.4, -0.2) is 30.0 Å². The second-order valence-electron chi connectivity index (χ2n) is 4.21. The SMILES string of the molecule is CC(C)OCCCNC(=O)C(Br)C(C)C. The molecule has 0 saturated heterocycles. The van der Waals surface area contributed by atoms with Gasteiger partial charge < -0.3 is 10.1 Å². The van der Waals surface area contributed by atoms with Crippen molar-refractivity contribution >= 4 is 21.8 Å². The Bertz CT molecular complexity index is 183. The van der Waals surface area contributed by atoms with Crippen LogP contribution in [0.2, 0.25) is 0 Å². The zero-order valence-electron chi connectivity index (χ0n) is 10.0. The molecule has 0 aromatic rings. The highest BCUT2D eigenvalue weighted by molar-refractivity contribution is 9.10. The first-order valence-electron chi connectivity index (χ1n) is 5.48. The molecule has 4 heteroatoms. The summed E-state index contributed by atoms with van der Waals surface area (Å²) in [5.41, 5.74) is 0. The summed E-state index contributed by atoms with van der Waals surface area (Å²) in [5, 5.41) is 2.87. The Kier molecular flexibility index (Phi) is 8.06. The first kappa shape index (κ1) is 14.9. The largest absolute Gasteiger partial charge is 0.379 e. The molecule has 1 unspecified atom stereocenters. The van der Waals surface area contributed by atoms with Crippen molar-refractivity contribution in [2.24, 2.45) is 5.92 Å². The Morgan fingerprint density at radius 1 is 1.33 bits per heavy atom. The number of carbonyl (C=O) groups is 1. The zero-order chi connectivity index (χ0) is 11.8. The fourth-order valence-electron chi connectivity index (χ4n) is 1.00. The molecule has 0 fully saturated rings. The van der Waals surface area contributed by atoms with Crippen LogP contribution in [-0.2, 0) is 9.53 Å². The first-order chi connectivity index (χ1) is 6.95. The van der Waals surface area contributed by atoms with Gasteiger partial charge in [0.25, 0.3) is 0 Å². The molecule has 1 amide bonds. The molecule has 0 saturated carbocycles. The third kappa shape index (κ3) is 7.79. The van der Waals surface area contributed by atoms with Crippen LogP contribution in [0.25, 0.3) is 0 Å². The van der Waals surface area contributed by atoms with E-state index in [9.17, 15) is 4.79 Å². The quantitative estimate of drug-likeness (QED) is 0.574. The van der Waals surface area contributed by atoms with E-state index in [-0.39, 0.29) is 16.8 Å². The van der Waals surface area contributed by atoms with Crippen molar-refractivity contribution in [3.8, 4) is 0 Å². The van der Waals surface area contributed by atoms with Crippen LogP contribution in [0, 0.1) is 5.92 Å². The van der Waals surface area contributed by atoms with Gasteiger partial charge in [0.15, 0.2) is 0 Å². The van der Waals surface area contributed by atoms with Gasteiger partial charge in [0.05, 0.1) is 10.9 Å². The molecule has 0 aromatic heterocycles. The minimum Gasteiger partial charge on any atom is -0.379 e. The van der Waals surface area contributed by atoms with Gasteiger partial charge in [0.1, 0.15) is 0 Å². The monoisotopic (exact) mass is 279 g/mol. The lowest BCUT2D eigenvalue weighted by molar-refractivity contribution is -0.121. The average Bonchev–Trinajstić information content (AvgIpc) is 2.15. The maximum absolute atomic E-state index is 11.5. The Balaban J connectivity index is 3.47. The Hall–Kier alpha value is -0.0900. The molecule has 0 heterocycles. The highest BCUT2D eigenvalue weighted by atomic mass is 79.9. The van der Waals surface area contributed by atoms with Crippen LogP contribution in [0.5, 0.6) is 0 Å². The Morgan fingerprint density at radius 3 is 2.40 bits per heavy atom. The van der Waals surface area contributed by atoms with Gasteiger partial charge in [-0.3, -0.25) is 4.79 Å². The minimum absolute atomic E-state index is 0.0644. The lowest BCUT2D eigenvalue weighted by Crippen LogP contribution is -2.34. The van der Waals surface area contributed by atoms with E-state index in [4.69, 9.17) is 4.74 Å². The maximum atomic E-state index is 11.5. The first-order valence-corrected chi connectivity index (χ1v) is 6.40. The van der Waals surface area contributed by atoms with Crippen molar-refractivity contribution in [2.75, 3.05) is 13.2 Å². The van der Waals surface area contributed by atoms with E-state index in [1.807, 2.05) is 27.7 Å². The summed E-state index contributed by atoms with van der Waals surface area (Å²) in [7, 11) is 0. The summed E-state index contributed by atoms with van der Waals surface area (Å²) in [6.07, 6.45) is 1.13. The van der Waals surface area contributed by atoms with E-state index in [0.29, 0.717) is 19.1 Å². The summed E-state index contributed by atoms with van der Waals surface area (Å²) in [4.78, 5) is 11.4. The molecule has 0 rings (SSSR count). The predicted molar refractivity (Wildman–Crippen MR) is 66.3 cm³/mol. The summed E-state index contributed by atoms with van der Waals surface area (Å²) >= 11 is 3.36. The molecule has 90 valence electrons. The number of hydrogen-bond acceptors (Lipinski definition) is 2. The maximum Gasteiger partial charge on any atom is 0.234 e. The number of halogens is 1. The number of nitrogens with one attached hydrogen (secondary N) is 1. The lowest BCUT2D eigenvalue weighted by atomic mass is 10.1. The van der Waals surface area contributed by atoms with Gasteiger partial charge in [-0.1, -0.05) is 29.8 Å². The number of rotatable bonds is 7. The number of alkyl halides is 1. The zero-order valence-corrected chi connectivity index (χ0v) is 11.6. The average molecular weight is 280 g/mol. The van der Waals surface area contributed by atoms with Gasteiger partial charge in [-0.25, -0.2) is 0 Å². The van der Waals surface area contributed by atoms with Crippen LogP contribution in [0.3, 0.4) is 0 Å². The molecule has 0 aliphatic carbocycles.